The van der Waals surface area contributed by atoms with Gasteiger partial charge in [-0.15, -0.1) is 0 Å². The lowest BCUT2D eigenvalue weighted by molar-refractivity contribution is -0.0494. The van der Waals surface area contributed by atoms with Gasteiger partial charge in [0, 0.05) is 43.9 Å². The van der Waals surface area contributed by atoms with Crippen molar-refractivity contribution < 1.29 is 27.0 Å². The van der Waals surface area contributed by atoms with Crippen LogP contribution >= 0.6 is 0 Å². The van der Waals surface area contributed by atoms with Gasteiger partial charge in [0.2, 0.25) is 5.95 Å². The largest absolute Gasteiger partial charge is 0.431 e. The third-order valence-corrected chi connectivity index (χ3v) is 4.88. The summed E-state index contributed by atoms with van der Waals surface area (Å²) in [7, 11) is 0. The predicted octanol–water partition coefficient (Wildman–Crippen LogP) is 3.43. The molecule has 2 aliphatic heterocycles. The Morgan fingerprint density at radius 1 is 1.09 bits per heavy atom. The molecule has 32 heavy (non-hydrogen) atoms. The van der Waals surface area contributed by atoms with Gasteiger partial charge < -0.3 is 25.0 Å². The molecule has 8 nitrogen and oxygen atoms in total. The van der Waals surface area contributed by atoms with Crippen LogP contribution in [0, 0.1) is 0 Å². The van der Waals surface area contributed by atoms with E-state index in [-0.39, 0.29) is 30.5 Å². The summed E-state index contributed by atoms with van der Waals surface area (Å²) in [6, 6.07) is 2.95. The third kappa shape index (κ3) is 5.67. The smallest absolute Gasteiger partial charge is 0.387 e. The number of nitrogens with zero attached hydrogens (tertiary/aromatic N) is 5. The quantitative estimate of drug-likeness (QED) is 0.682. The first-order valence-electron chi connectivity index (χ1n) is 10.4. The molecule has 176 valence electrons. The van der Waals surface area contributed by atoms with Crippen LogP contribution in [0.4, 0.5) is 35.1 Å². The number of pyridine rings is 1. The van der Waals surface area contributed by atoms with Crippen molar-refractivity contribution in [1.82, 2.24) is 15.0 Å². The first-order valence-corrected chi connectivity index (χ1v) is 10.4. The Morgan fingerprint density at radius 3 is 2.44 bits per heavy atom. The molecule has 4 rings (SSSR count). The van der Waals surface area contributed by atoms with Crippen molar-refractivity contribution in [3.8, 4) is 17.0 Å². The summed E-state index contributed by atoms with van der Waals surface area (Å²) in [6.07, 6.45) is 1.07. The molecule has 2 N–H and O–H groups in total. The maximum atomic E-state index is 13.7. The van der Waals surface area contributed by atoms with Gasteiger partial charge in [0.25, 0.3) is 5.92 Å². The number of hydrogen-bond donors (Lipinski definition) is 1. The van der Waals surface area contributed by atoms with Gasteiger partial charge in [0.15, 0.2) is 11.6 Å². The monoisotopic (exact) mass is 458 g/mol. The van der Waals surface area contributed by atoms with Crippen LogP contribution in [0.2, 0.25) is 0 Å². The summed E-state index contributed by atoms with van der Waals surface area (Å²) in [5.74, 6) is -2.63. The van der Waals surface area contributed by atoms with Gasteiger partial charge in [0.05, 0.1) is 25.5 Å². The number of aromatic nitrogens is 3. The summed E-state index contributed by atoms with van der Waals surface area (Å²) in [5, 5.41) is 0. The molecule has 2 aromatic heterocycles. The zero-order chi connectivity index (χ0) is 23.3. The molecule has 0 aliphatic carbocycles. The van der Waals surface area contributed by atoms with Crippen LogP contribution in [0.3, 0.4) is 0 Å². The molecule has 2 fully saturated rings. The SMILES string of the molecule is CC.Nc1ncc(-c2cc(N3CCOCC3)nc(N3CCC(F)(F)C3)n2)cc1OC(F)F. The van der Waals surface area contributed by atoms with Crippen LogP contribution in [0.25, 0.3) is 11.3 Å². The second-order valence-corrected chi connectivity index (χ2v) is 7.02. The van der Waals surface area contributed by atoms with Crippen LogP contribution < -0.4 is 20.3 Å². The molecular formula is C20H26F4N6O2. The summed E-state index contributed by atoms with van der Waals surface area (Å²) >= 11 is 0. The van der Waals surface area contributed by atoms with Crippen molar-refractivity contribution in [2.75, 3.05) is 54.9 Å². The first kappa shape index (κ1) is 23.8. The maximum absolute atomic E-state index is 13.7. The molecule has 0 amide bonds. The minimum Gasteiger partial charge on any atom is -0.431 e. The second kappa shape index (κ2) is 10.2. The van der Waals surface area contributed by atoms with E-state index in [1.165, 1.54) is 17.2 Å². The Kier molecular flexibility index (Phi) is 7.54. The fourth-order valence-corrected chi connectivity index (χ4v) is 3.36. The van der Waals surface area contributed by atoms with E-state index in [0.29, 0.717) is 43.4 Å². The second-order valence-electron chi connectivity index (χ2n) is 7.02. The highest BCUT2D eigenvalue weighted by Crippen LogP contribution is 2.33. The Balaban J connectivity index is 0.00000141. The Morgan fingerprint density at radius 2 is 1.81 bits per heavy atom. The number of nitrogen functional groups attached to an aromatic ring is 1. The molecule has 0 radical (unpaired) electrons. The van der Waals surface area contributed by atoms with Gasteiger partial charge in [-0.25, -0.2) is 18.7 Å². The van der Waals surface area contributed by atoms with Crippen LogP contribution in [-0.4, -0.2) is 66.9 Å². The van der Waals surface area contributed by atoms with Crippen molar-refractivity contribution in [3.63, 3.8) is 0 Å². The lowest BCUT2D eigenvalue weighted by Gasteiger charge is -2.29. The van der Waals surface area contributed by atoms with Gasteiger partial charge >= 0.3 is 6.61 Å². The molecule has 2 aliphatic rings. The zero-order valence-corrected chi connectivity index (χ0v) is 17.9. The molecule has 0 atom stereocenters. The first-order chi connectivity index (χ1) is 15.3. The Bertz CT molecular complexity index is 912. The highest BCUT2D eigenvalue weighted by Gasteiger charge is 2.39. The van der Waals surface area contributed by atoms with Crippen LogP contribution in [0.5, 0.6) is 5.75 Å². The average molecular weight is 458 g/mol. The molecule has 0 bridgehead atoms. The average Bonchev–Trinajstić information content (AvgIpc) is 3.16. The van der Waals surface area contributed by atoms with Crippen molar-refractivity contribution >= 4 is 17.6 Å². The highest BCUT2D eigenvalue weighted by molar-refractivity contribution is 5.68. The van der Waals surface area contributed by atoms with E-state index in [4.69, 9.17) is 10.5 Å². The van der Waals surface area contributed by atoms with Gasteiger partial charge in [-0.1, -0.05) is 13.8 Å². The number of morpholine rings is 1. The molecular weight excluding hydrogens is 432 g/mol. The molecule has 12 heteroatoms. The Labute approximate surface area is 183 Å². The number of alkyl halides is 4. The molecule has 0 spiro atoms. The normalized spacial score (nSPS) is 17.8. The summed E-state index contributed by atoms with van der Waals surface area (Å²) in [4.78, 5) is 16.1. The lowest BCUT2D eigenvalue weighted by Crippen LogP contribution is -2.37. The number of halogens is 4. The summed E-state index contributed by atoms with van der Waals surface area (Å²) in [5.41, 5.74) is 6.29. The van der Waals surface area contributed by atoms with Gasteiger partial charge in [-0.05, 0) is 6.07 Å². The maximum Gasteiger partial charge on any atom is 0.387 e. The molecule has 0 aromatic carbocycles. The van der Waals surface area contributed by atoms with E-state index in [1.807, 2.05) is 18.7 Å². The van der Waals surface area contributed by atoms with Crippen molar-refractivity contribution in [1.29, 1.82) is 0 Å². The minimum atomic E-state index is -3.07. The molecule has 0 unspecified atom stereocenters. The lowest BCUT2D eigenvalue weighted by atomic mass is 10.2. The number of hydrogen-bond acceptors (Lipinski definition) is 8. The number of anilines is 3. The topological polar surface area (TPSA) is 89.6 Å². The van der Waals surface area contributed by atoms with Crippen LogP contribution in [0.1, 0.15) is 20.3 Å². The molecule has 0 saturated carbocycles. The fraction of sp³-hybridized carbons (Fsp3) is 0.550. The zero-order valence-electron chi connectivity index (χ0n) is 17.9. The summed E-state index contributed by atoms with van der Waals surface area (Å²) < 4.78 is 62.6. The number of rotatable bonds is 5. The van der Waals surface area contributed by atoms with E-state index in [1.54, 1.807) is 6.07 Å². The predicted molar refractivity (Wildman–Crippen MR) is 112 cm³/mol. The number of nitrogens with two attached hydrogens (primary N) is 1. The van der Waals surface area contributed by atoms with Crippen LogP contribution in [0.15, 0.2) is 18.3 Å². The Hall–Kier alpha value is -2.89. The van der Waals surface area contributed by atoms with E-state index < -0.39 is 19.1 Å². The molecule has 2 aromatic rings. The van der Waals surface area contributed by atoms with Crippen molar-refractivity contribution in [2.24, 2.45) is 0 Å². The van der Waals surface area contributed by atoms with Gasteiger partial charge in [0.1, 0.15) is 5.82 Å². The van der Waals surface area contributed by atoms with Crippen LogP contribution in [-0.2, 0) is 4.74 Å². The minimum absolute atomic E-state index is 0.110. The van der Waals surface area contributed by atoms with Gasteiger partial charge in [-0.2, -0.15) is 13.8 Å². The number of ether oxygens (including phenoxy) is 2. The van der Waals surface area contributed by atoms with E-state index >= 15 is 0 Å². The van der Waals surface area contributed by atoms with E-state index in [9.17, 15) is 17.6 Å². The standard InChI is InChI=1S/C18H20F4N6O2.C2H6/c19-16(20)30-13-7-11(9-24-15(13)23)12-8-14(27-3-5-29-6-4-27)26-17(25-12)28-2-1-18(21,22)10-28;1-2/h7-9,16H,1-6,10H2,(H2,23,24);1-2H3. The van der Waals surface area contributed by atoms with E-state index in [2.05, 4.69) is 19.7 Å². The van der Waals surface area contributed by atoms with Crippen molar-refractivity contribution in [2.45, 2.75) is 32.8 Å². The van der Waals surface area contributed by atoms with Gasteiger partial charge in [-0.3, -0.25) is 0 Å². The third-order valence-electron chi connectivity index (χ3n) is 4.88. The van der Waals surface area contributed by atoms with Crippen molar-refractivity contribution in [3.05, 3.63) is 18.3 Å². The molecule has 4 heterocycles. The van der Waals surface area contributed by atoms with E-state index in [0.717, 1.165) is 0 Å². The summed E-state index contributed by atoms with van der Waals surface area (Å²) in [6.45, 7) is 2.72. The molecule has 2 saturated heterocycles. The highest BCUT2D eigenvalue weighted by atomic mass is 19.3. The fourth-order valence-electron chi connectivity index (χ4n) is 3.36.